The van der Waals surface area contributed by atoms with E-state index in [-0.39, 0.29) is 12.2 Å². The molecule has 1 unspecified atom stereocenters. The highest BCUT2D eigenvalue weighted by atomic mass is 16.4. The molecule has 3 rings (SSSR count). The van der Waals surface area contributed by atoms with E-state index in [1.807, 2.05) is 0 Å². The SMILES string of the molecule is NC(=O)CC(c1cccnc1)c1oc(CN2CCCCC2)cc(=O)c1O. The number of hydrogen-bond acceptors (Lipinski definition) is 6. The number of carbonyl (C=O) groups excluding carboxylic acids is 1. The van der Waals surface area contributed by atoms with Crippen molar-refractivity contribution in [3.8, 4) is 5.75 Å². The van der Waals surface area contributed by atoms with Crippen molar-refractivity contribution < 1.29 is 14.3 Å². The number of carbonyl (C=O) groups is 1. The minimum absolute atomic E-state index is 0.0660. The summed E-state index contributed by atoms with van der Waals surface area (Å²) < 4.78 is 5.88. The number of amides is 1. The van der Waals surface area contributed by atoms with E-state index >= 15 is 0 Å². The number of aromatic nitrogens is 1. The van der Waals surface area contributed by atoms with Crippen LogP contribution >= 0.6 is 0 Å². The fraction of sp³-hybridized carbons (Fsp3) is 0.421. The summed E-state index contributed by atoms with van der Waals surface area (Å²) in [6, 6.07) is 4.80. The monoisotopic (exact) mass is 357 g/mol. The quantitative estimate of drug-likeness (QED) is 0.815. The molecule has 1 aliphatic heterocycles. The van der Waals surface area contributed by atoms with Crippen LogP contribution in [0.5, 0.6) is 5.75 Å². The van der Waals surface area contributed by atoms with Gasteiger partial charge >= 0.3 is 0 Å². The summed E-state index contributed by atoms with van der Waals surface area (Å²) in [7, 11) is 0. The average Bonchev–Trinajstić information content (AvgIpc) is 2.64. The van der Waals surface area contributed by atoms with E-state index in [1.54, 1.807) is 24.5 Å². The van der Waals surface area contributed by atoms with Crippen LogP contribution in [0.15, 0.2) is 39.8 Å². The van der Waals surface area contributed by atoms with Gasteiger partial charge in [-0.05, 0) is 37.6 Å². The first-order chi connectivity index (χ1) is 12.5. The van der Waals surface area contributed by atoms with Gasteiger partial charge in [0.1, 0.15) is 5.76 Å². The molecule has 0 aromatic carbocycles. The van der Waals surface area contributed by atoms with Crippen LogP contribution in [0.25, 0.3) is 0 Å². The van der Waals surface area contributed by atoms with Gasteiger partial charge in [-0.25, -0.2) is 0 Å². The zero-order chi connectivity index (χ0) is 18.5. The Morgan fingerprint density at radius 2 is 2.12 bits per heavy atom. The van der Waals surface area contributed by atoms with Crippen molar-refractivity contribution in [2.75, 3.05) is 13.1 Å². The van der Waals surface area contributed by atoms with Crippen molar-refractivity contribution in [2.24, 2.45) is 5.73 Å². The summed E-state index contributed by atoms with van der Waals surface area (Å²) in [5, 5.41) is 10.3. The van der Waals surface area contributed by atoms with Crippen LogP contribution in [-0.2, 0) is 11.3 Å². The van der Waals surface area contributed by atoms with Crippen molar-refractivity contribution in [2.45, 2.75) is 38.1 Å². The van der Waals surface area contributed by atoms with Gasteiger partial charge in [-0.15, -0.1) is 0 Å². The number of primary amides is 1. The van der Waals surface area contributed by atoms with E-state index in [2.05, 4.69) is 9.88 Å². The van der Waals surface area contributed by atoms with E-state index in [1.165, 1.54) is 12.5 Å². The molecule has 0 radical (unpaired) electrons. The van der Waals surface area contributed by atoms with Gasteiger partial charge in [0.2, 0.25) is 17.1 Å². The summed E-state index contributed by atoms with van der Waals surface area (Å²) in [6.07, 6.45) is 6.54. The van der Waals surface area contributed by atoms with Gasteiger partial charge in [-0.2, -0.15) is 0 Å². The van der Waals surface area contributed by atoms with E-state index in [0.29, 0.717) is 17.9 Å². The van der Waals surface area contributed by atoms with Crippen LogP contribution in [0.4, 0.5) is 0 Å². The summed E-state index contributed by atoms with van der Waals surface area (Å²) in [5.74, 6) is -1.15. The Labute approximate surface area is 151 Å². The number of pyridine rings is 1. The van der Waals surface area contributed by atoms with Crippen LogP contribution in [0.2, 0.25) is 0 Å². The molecule has 1 amide bonds. The average molecular weight is 357 g/mol. The topological polar surface area (TPSA) is 110 Å². The van der Waals surface area contributed by atoms with Crippen molar-refractivity contribution in [1.29, 1.82) is 0 Å². The molecular formula is C19H23N3O4. The van der Waals surface area contributed by atoms with Crippen LogP contribution in [0.3, 0.4) is 0 Å². The fourth-order valence-corrected chi connectivity index (χ4v) is 3.35. The highest BCUT2D eigenvalue weighted by Gasteiger charge is 2.26. The van der Waals surface area contributed by atoms with Gasteiger partial charge < -0.3 is 15.3 Å². The molecule has 2 aromatic heterocycles. The first-order valence-electron chi connectivity index (χ1n) is 8.81. The number of hydrogen-bond donors (Lipinski definition) is 2. The lowest BCUT2D eigenvalue weighted by molar-refractivity contribution is -0.118. The van der Waals surface area contributed by atoms with Gasteiger partial charge in [0, 0.05) is 24.9 Å². The Morgan fingerprint density at radius 3 is 2.77 bits per heavy atom. The summed E-state index contributed by atoms with van der Waals surface area (Å²) >= 11 is 0. The Hall–Kier alpha value is -2.67. The second kappa shape index (κ2) is 8.14. The molecule has 3 N–H and O–H groups in total. The maximum atomic E-state index is 12.3. The number of nitrogens with zero attached hydrogens (tertiary/aromatic N) is 2. The first-order valence-corrected chi connectivity index (χ1v) is 8.81. The molecule has 1 fully saturated rings. The number of likely N-dealkylation sites (tertiary alicyclic amines) is 1. The predicted octanol–water partition coefficient (Wildman–Crippen LogP) is 1.73. The second-order valence-corrected chi connectivity index (χ2v) is 6.64. The largest absolute Gasteiger partial charge is 0.502 e. The molecular weight excluding hydrogens is 334 g/mol. The minimum atomic E-state index is -0.657. The van der Waals surface area contributed by atoms with Crippen molar-refractivity contribution in [1.82, 2.24) is 9.88 Å². The Morgan fingerprint density at radius 1 is 1.35 bits per heavy atom. The van der Waals surface area contributed by atoms with Crippen molar-refractivity contribution >= 4 is 5.91 Å². The summed E-state index contributed by atoms with van der Waals surface area (Å²) in [6.45, 7) is 2.40. The molecule has 7 nitrogen and oxygen atoms in total. The second-order valence-electron chi connectivity index (χ2n) is 6.64. The van der Waals surface area contributed by atoms with Crippen molar-refractivity contribution in [3.63, 3.8) is 0 Å². The number of rotatable bonds is 6. The third kappa shape index (κ3) is 4.29. The molecule has 0 bridgehead atoms. The van der Waals surface area contributed by atoms with Crippen LogP contribution < -0.4 is 11.2 Å². The lowest BCUT2D eigenvalue weighted by atomic mass is 9.93. The smallest absolute Gasteiger partial charge is 0.227 e. The molecule has 1 saturated heterocycles. The maximum Gasteiger partial charge on any atom is 0.227 e. The molecule has 138 valence electrons. The molecule has 0 aliphatic carbocycles. The molecule has 1 atom stereocenters. The zero-order valence-corrected chi connectivity index (χ0v) is 14.6. The molecule has 7 heteroatoms. The number of aromatic hydroxyl groups is 1. The van der Waals surface area contributed by atoms with Crippen LogP contribution in [0.1, 0.15) is 48.7 Å². The lowest BCUT2D eigenvalue weighted by Crippen LogP contribution is -2.29. The summed E-state index contributed by atoms with van der Waals surface area (Å²) in [5.41, 5.74) is 5.51. The Bertz CT molecular complexity index is 813. The predicted molar refractivity (Wildman–Crippen MR) is 95.7 cm³/mol. The molecule has 26 heavy (non-hydrogen) atoms. The third-order valence-corrected chi connectivity index (χ3v) is 4.64. The highest BCUT2D eigenvalue weighted by Crippen LogP contribution is 2.32. The van der Waals surface area contributed by atoms with Gasteiger partial charge in [0.25, 0.3) is 0 Å². The fourth-order valence-electron chi connectivity index (χ4n) is 3.35. The summed E-state index contributed by atoms with van der Waals surface area (Å²) in [4.78, 5) is 30.1. The van der Waals surface area contributed by atoms with Gasteiger partial charge in [-0.3, -0.25) is 19.5 Å². The van der Waals surface area contributed by atoms with Crippen LogP contribution in [-0.4, -0.2) is 34.0 Å². The van der Waals surface area contributed by atoms with Gasteiger partial charge in [0.15, 0.2) is 5.76 Å². The Balaban J connectivity index is 1.97. The molecule has 0 saturated carbocycles. The molecule has 3 heterocycles. The zero-order valence-electron chi connectivity index (χ0n) is 14.6. The minimum Gasteiger partial charge on any atom is -0.502 e. The number of piperidine rings is 1. The number of nitrogens with two attached hydrogens (primary N) is 1. The van der Waals surface area contributed by atoms with E-state index in [0.717, 1.165) is 25.9 Å². The normalized spacial score (nSPS) is 16.3. The standard InChI is InChI=1S/C19H23N3O4/c20-17(24)10-15(13-5-4-6-21-11-13)19-18(25)16(23)9-14(26-19)12-22-7-2-1-3-8-22/h4-6,9,11,15,25H,1-3,7-8,10,12H2,(H2,20,24). The lowest BCUT2D eigenvalue weighted by Gasteiger charge is -2.26. The van der Waals surface area contributed by atoms with Crippen molar-refractivity contribution in [3.05, 3.63) is 57.9 Å². The van der Waals surface area contributed by atoms with Crippen LogP contribution in [0, 0.1) is 0 Å². The third-order valence-electron chi connectivity index (χ3n) is 4.64. The highest BCUT2D eigenvalue weighted by molar-refractivity contribution is 5.75. The Kier molecular flexibility index (Phi) is 5.68. The van der Waals surface area contributed by atoms with Gasteiger partial charge in [-0.1, -0.05) is 12.5 Å². The maximum absolute atomic E-state index is 12.3. The molecule has 2 aromatic rings. The van der Waals surface area contributed by atoms with E-state index in [9.17, 15) is 14.7 Å². The first kappa shape index (κ1) is 18.1. The van der Waals surface area contributed by atoms with Gasteiger partial charge in [0.05, 0.1) is 12.5 Å². The molecule has 0 spiro atoms. The molecule has 1 aliphatic rings. The van der Waals surface area contributed by atoms with E-state index < -0.39 is 23.0 Å². The van der Waals surface area contributed by atoms with E-state index in [4.69, 9.17) is 10.2 Å².